The maximum Gasteiger partial charge on any atom is 0.164 e. The number of hydrogen-bond acceptors (Lipinski definition) is 2. The maximum atomic E-state index is 12.0. The predicted octanol–water partition coefficient (Wildman–Crippen LogP) is 2.95. The van der Waals surface area contributed by atoms with Gasteiger partial charge in [0, 0.05) is 13.5 Å². The summed E-state index contributed by atoms with van der Waals surface area (Å²) in [6.07, 6.45) is 5.92. The molecule has 1 aliphatic carbocycles. The normalized spacial score (nSPS) is 19.4. The van der Waals surface area contributed by atoms with E-state index in [1.807, 2.05) is 0 Å². The third-order valence-corrected chi connectivity index (χ3v) is 3.69. The molecule has 82 valence electrons. The van der Waals surface area contributed by atoms with Crippen LogP contribution in [0.1, 0.15) is 52.4 Å². The zero-order valence-electron chi connectivity index (χ0n) is 9.64. The second kappa shape index (κ2) is 4.92. The molecule has 0 unspecified atom stereocenters. The van der Waals surface area contributed by atoms with E-state index in [0.29, 0.717) is 18.1 Å². The molecule has 0 atom stereocenters. The smallest absolute Gasteiger partial charge is 0.164 e. The first-order valence-electron chi connectivity index (χ1n) is 5.77. The summed E-state index contributed by atoms with van der Waals surface area (Å²) in [6.45, 7) is 4.31. The van der Waals surface area contributed by atoms with Crippen molar-refractivity contribution >= 4 is 5.78 Å². The lowest BCUT2D eigenvalue weighted by molar-refractivity contribution is -0.152. The minimum atomic E-state index is -0.386. The highest BCUT2D eigenvalue weighted by Crippen LogP contribution is 2.37. The molecule has 1 fully saturated rings. The van der Waals surface area contributed by atoms with Crippen LogP contribution in [0, 0.1) is 5.92 Å². The van der Waals surface area contributed by atoms with Gasteiger partial charge in [0.25, 0.3) is 0 Å². The summed E-state index contributed by atoms with van der Waals surface area (Å²) in [4.78, 5) is 12.0. The molecule has 0 aromatic rings. The molecular weight excluding hydrogens is 176 g/mol. The number of ketones is 1. The van der Waals surface area contributed by atoms with Crippen molar-refractivity contribution in [3.05, 3.63) is 0 Å². The molecule has 2 heteroatoms. The van der Waals surface area contributed by atoms with Gasteiger partial charge in [0.05, 0.1) is 0 Å². The van der Waals surface area contributed by atoms with Crippen LogP contribution in [0.4, 0.5) is 0 Å². The first-order chi connectivity index (χ1) is 6.68. The van der Waals surface area contributed by atoms with Crippen LogP contribution in [-0.4, -0.2) is 18.5 Å². The third-order valence-electron chi connectivity index (χ3n) is 3.69. The van der Waals surface area contributed by atoms with E-state index in [4.69, 9.17) is 4.74 Å². The molecular formula is C12H22O2. The van der Waals surface area contributed by atoms with Gasteiger partial charge in [-0.05, 0) is 25.2 Å². The fourth-order valence-corrected chi connectivity index (χ4v) is 2.12. The van der Waals surface area contributed by atoms with Gasteiger partial charge in [-0.25, -0.2) is 0 Å². The molecule has 0 aromatic carbocycles. The zero-order valence-corrected chi connectivity index (χ0v) is 9.64. The molecule has 0 N–H and O–H groups in total. The Hall–Kier alpha value is -0.370. The van der Waals surface area contributed by atoms with Gasteiger partial charge >= 0.3 is 0 Å². The van der Waals surface area contributed by atoms with Crippen LogP contribution in [0.2, 0.25) is 0 Å². The number of methoxy groups -OCH3 is 1. The molecule has 0 radical (unpaired) electrons. The van der Waals surface area contributed by atoms with Gasteiger partial charge in [0.15, 0.2) is 5.78 Å². The molecule has 0 amide bonds. The van der Waals surface area contributed by atoms with Crippen LogP contribution in [0.15, 0.2) is 0 Å². The Morgan fingerprint density at radius 3 is 2.21 bits per heavy atom. The minimum absolute atomic E-state index is 0.333. The second-order valence-corrected chi connectivity index (χ2v) is 4.36. The topological polar surface area (TPSA) is 26.3 Å². The number of hydrogen-bond donors (Lipinski definition) is 0. The summed E-state index contributed by atoms with van der Waals surface area (Å²) < 4.78 is 5.38. The van der Waals surface area contributed by atoms with Crippen molar-refractivity contribution in [2.75, 3.05) is 7.11 Å². The summed E-state index contributed by atoms with van der Waals surface area (Å²) in [7, 11) is 1.67. The van der Waals surface area contributed by atoms with Crippen molar-refractivity contribution in [3.63, 3.8) is 0 Å². The first kappa shape index (κ1) is 11.7. The Morgan fingerprint density at radius 2 is 1.93 bits per heavy atom. The van der Waals surface area contributed by atoms with Crippen LogP contribution in [0.5, 0.6) is 0 Å². The average molecular weight is 198 g/mol. The van der Waals surface area contributed by atoms with Gasteiger partial charge in [-0.2, -0.15) is 0 Å². The quantitative estimate of drug-likeness (QED) is 0.656. The van der Waals surface area contributed by atoms with E-state index >= 15 is 0 Å². The van der Waals surface area contributed by atoms with Gasteiger partial charge in [0.2, 0.25) is 0 Å². The predicted molar refractivity (Wildman–Crippen MR) is 57.3 cm³/mol. The second-order valence-electron chi connectivity index (χ2n) is 4.36. The SMILES string of the molecule is CCC(CC)CC(=O)C1(OC)CCC1. The molecule has 2 nitrogen and oxygen atoms in total. The van der Waals surface area contributed by atoms with Crippen molar-refractivity contribution in [1.29, 1.82) is 0 Å². The van der Waals surface area contributed by atoms with Gasteiger partial charge in [-0.3, -0.25) is 4.79 Å². The van der Waals surface area contributed by atoms with Crippen LogP contribution in [-0.2, 0) is 9.53 Å². The summed E-state index contributed by atoms with van der Waals surface area (Å²) in [6, 6.07) is 0. The highest BCUT2D eigenvalue weighted by molar-refractivity contribution is 5.88. The van der Waals surface area contributed by atoms with E-state index in [9.17, 15) is 4.79 Å². The molecule has 0 heterocycles. The van der Waals surface area contributed by atoms with Crippen molar-refractivity contribution in [2.24, 2.45) is 5.92 Å². The van der Waals surface area contributed by atoms with E-state index < -0.39 is 0 Å². The highest BCUT2D eigenvalue weighted by atomic mass is 16.5. The molecule has 1 saturated carbocycles. The number of carbonyl (C=O) groups is 1. The Bertz CT molecular complexity index is 185. The van der Waals surface area contributed by atoms with Crippen molar-refractivity contribution < 1.29 is 9.53 Å². The minimum Gasteiger partial charge on any atom is -0.370 e. The standard InChI is InChI=1S/C12H22O2/c1-4-10(5-2)9-11(13)12(14-3)7-6-8-12/h10H,4-9H2,1-3H3. The number of carbonyl (C=O) groups excluding carboxylic acids is 1. The third kappa shape index (κ3) is 2.17. The average Bonchev–Trinajstić information content (AvgIpc) is 2.13. The highest BCUT2D eigenvalue weighted by Gasteiger charge is 2.43. The summed E-state index contributed by atoms with van der Waals surface area (Å²) >= 11 is 0. The molecule has 0 spiro atoms. The van der Waals surface area contributed by atoms with E-state index in [0.717, 1.165) is 32.1 Å². The van der Waals surface area contributed by atoms with Crippen molar-refractivity contribution in [2.45, 2.75) is 58.0 Å². The summed E-state index contributed by atoms with van der Waals surface area (Å²) in [5.74, 6) is 0.884. The lowest BCUT2D eigenvalue weighted by atomic mass is 9.74. The van der Waals surface area contributed by atoms with Gasteiger partial charge in [-0.15, -0.1) is 0 Å². The maximum absolute atomic E-state index is 12.0. The van der Waals surface area contributed by atoms with Crippen LogP contribution in [0.25, 0.3) is 0 Å². The lowest BCUT2D eigenvalue weighted by Gasteiger charge is -2.39. The van der Waals surface area contributed by atoms with Crippen LogP contribution >= 0.6 is 0 Å². The molecule has 1 aliphatic rings. The van der Waals surface area contributed by atoms with Gasteiger partial charge in [0.1, 0.15) is 5.60 Å². The monoisotopic (exact) mass is 198 g/mol. The Kier molecular flexibility index (Phi) is 4.11. The zero-order chi connectivity index (χ0) is 10.6. The fourth-order valence-electron chi connectivity index (χ4n) is 2.12. The molecule has 0 bridgehead atoms. The molecule has 14 heavy (non-hydrogen) atoms. The first-order valence-corrected chi connectivity index (χ1v) is 5.77. The lowest BCUT2D eigenvalue weighted by Crippen LogP contribution is -2.47. The number of rotatable bonds is 6. The van der Waals surface area contributed by atoms with Crippen molar-refractivity contribution in [3.8, 4) is 0 Å². The molecule has 1 rings (SSSR count). The fraction of sp³-hybridized carbons (Fsp3) is 0.917. The van der Waals surface area contributed by atoms with Gasteiger partial charge in [-0.1, -0.05) is 26.7 Å². The van der Waals surface area contributed by atoms with E-state index in [1.54, 1.807) is 7.11 Å². The number of ether oxygens (including phenoxy) is 1. The van der Waals surface area contributed by atoms with Crippen molar-refractivity contribution in [1.82, 2.24) is 0 Å². The van der Waals surface area contributed by atoms with Crippen LogP contribution < -0.4 is 0 Å². The Balaban J connectivity index is 2.47. The molecule has 0 saturated heterocycles. The summed E-state index contributed by atoms with van der Waals surface area (Å²) in [5, 5.41) is 0. The Morgan fingerprint density at radius 1 is 1.36 bits per heavy atom. The van der Waals surface area contributed by atoms with Gasteiger partial charge < -0.3 is 4.74 Å². The van der Waals surface area contributed by atoms with E-state index in [2.05, 4.69) is 13.8 Å². The summed E-state index contributed by atoms with van der Waals surface area (Å²) in [5.41, 5.74) is -0.386. The Labute approximate surface area is 87.0 Å². The number of Topliss-reactive ketones (excluding diaryl/α,β-unsaturated/α-hetero) is 1. The largest absolute Gasteiger partial charge is 0.370 e. The van der Waals surface area contributed by atoms with Crippen LogP contribution in [0.3, 0.4) is 0 Å². The van der Waals surface area contributed by atoms with E-state index in [1.165, 1.54) is 0 Å². The van der Waals surface area contributed by atoms with E-state index in [-0.39, 0.29) is 5.60 Å². The molecule has 0 aromatic heterocycles. The molecule has 0 aliphatic heterocycles.